The van der Waals surface area contributed by atoms with Crippen molar-refractivity contribution in [2.75, 3.05) is 19.8 Å². The summed E-state index contributed by atoms with van der Waals surface area (Å²) in [6.45, 7) is 1.52. The molecule has 2 aliphatic rings. The van der Waals surface area contributed by atoms with Gasteiger partial charge in [0.1, 0.15) is 11.7 Å². The van der Waals surface area contributed by atoms with Crippen molar-refractivity contribution < 1.29 is 14.6 Å². The van der Waals surface area contributed by atoms with Crippen LogP contribution in [0.15, 0.2) is 20.9 Å². The van der Waals surface area contributed by atoms with Crippen LogP contribution in [0, 0.1) is 12.8 Å². The van der Waals surface area contributed by atoms with E-state index in [4.69, 9.17) is 15.0 Å². The predicted molar refractivity (Wildman–Crippen MR) is 73.2 cm³/mol. The average Bonchev–Trinajstić information content (AvgIpc) is 3.01. The third-order valence-corrected chi connectivity index (χ3v) is 4.25. The first kappa shape index (κ1) is 14.8. The van der Waals surface area contributed by atoms with Crippen LogP contribution in [0.3, 0.4) is 0 Å². The number of aliphatic hydroxyl groups is 1. The number of azide groups is 1. The predicted octanol–water partition coefficient (Wildman–Crippen LogP) is -0.570. The van der Waals surface area contributed by atoms with Crippen LogP contribution in [0.4, 0.5) is 0 Å². The number of aromatic nitrogens is 2. The molecule has 10 heteroatoms. The van der Waals surface area contributed by atoms with E-state index in [-0.39, 0.29) is 19.8 Å². The Bertz CT molecular complexity index is 751. The van der Waals surface area contributed by atoms with Gasteiger partial charge < -0.3 is 14.6 Å². The smallest absolute Gasteiger partial charge is 0.330 e. The van der Waals surface area contributed by atoms with E-state index >= 15 is 0 Å². The quantitative estimate of drug-likeness (QED) is 0.435. The van der Waals surface area contributed by atoms with Gasteiger partial charge in [-0.1, -0.05) is 5.11 Å². The van der Waals surface area contributed by atoms with E-state index in [1.807, 2.05) is 0 Å². The highest BCUT2D eigenvalue weighted by Gasteiger charge is 2.61. The molecule has 4 atom stereocenters. The SMILES string of the molecule is Cc1cn([C@@H]2O[C@@]3(CN=[N+]=[N-])COC2C3CO)c(=O)[nH]c1=O. The summed E-state index contributed by atoms with van der Waals surface area (Å²) in [6.07, 6.45) is 0.0516. The number of rotatable bonds is 4. The van der Waals surface area contributed by atoms with E-state index in [9.17, 15) is 14.7 Å². The second-order valence-electron chi connectivity index (χ2n) is 5.51. The molecule has 3 heterocycles. The number of fused-ring (bicyclic) bond motifs is 2. The van der Waals surface area contributed by atoms with Crippen LogP contribution in [-0.4, -0.2) is 46.1 Å². The maximum absolute atomic E-state index is 12.0. The molecular formula is C12H15N5O5. The van der Waals surface area contributed by atoms with E-state index in [0.717, 1.165) is 0 Å². The molecule has 3 rings (SSSR count). The second kappa shape index (κ2) is 5.25. The molecule has 10 nitrogen and oxygen atoms in total. The van der Waals surface area contributed by atoms with Crippen molar-refractivity contribution in [1.29, 1.82) is 0 Å². The minimum absolute atomic E-state index is 0.00118. The number of nitrogens with zero attached hydrogens (tertiary/aromatic N) is 4. The summed E-state index contributed by atoms with van der Waals surface area (Å²) in [4.78, 5) is 28.4. The minimum Gasteiger partial charge on any atom is -0.396 e. The Morgan fingerprint density at radius 1 is 1.64 bits per heavy atom. The lowest BCUT2D eigenvalue weighted by Gasteiger charge is -2.30. The molecule has 0 aromatic carbocycles. The maximum atomic E-state index is 12.0. The number of ether oxygens (including phenoxy) is 2. The lowest BCUT2D eigenvalue weighted by Crippen LogP contribution is -2.43. The Kier molecular flexibility index (Phi) is 3.53. The number of hydrogen-bond donors (Lipinski definition) is 2. The third-order valence-electron chi connectivity index (χ3n) is 4.25. The first-order valence-corrected chi connectivity index (χ1v) is 6.75. The van der Waals surface area contributed by atoms with E-state index in [1.165, 1.54) is 10.8 Å². The molecule has 0 saturated carbocycles. The topological polar surface area (TPSA) is 142 Å². The van der Waals surface area contributed by atoms with Gasteiger partial charge in [-0.3, -0.25) is 14.3 Å². The normalized spacial score (nSPS) is 32.9. The number of nitrogens with one attached hydrogen (secondary N) is 1. The Balaban J connectivity index is 2.01. The lowest BCUT2D eigenvalue weighted by molar-refractivity contribution is -0.170. The molecule has 2 unspecified atom stereocenters. The highest BCUT2D eigenvalue weighted by molar-refractivity contribution is 5.09. The number of hydrogen-bond acceptors (Lipinski definition) is 6. The van der Waals surface area contributed by atoms with Crippen molar-refractivity contribution in [3.05, 3.63) is 43.0 Å². The highest BCUT2D eigenvalue weighted by atomic mass is 16.6. The van der Waals surface area contributed by atoms with Gasteiger partial charge in [-0.05, 0) is 12.5 Å². The Labute approximate surface area is 123 Å². The van der Waals surface area contributed by atoms with Gasteiger partial charge in [0.05, 0.1) is 19.8 Å². The maximum Gasteiger partial charge on any atom is 0.330 e. The summed E-state index contributed by atoms with van der Waals surface area (Å²) in [7, 11) is 0. The summed E-state index contributed by atoms with van der Waals surface area (Å²) in [5.41, 5.74) is 6.82. The van der Waals surface area contributed by atoms with Crippen molar-refractivity contribution in [3.63, 3.8) is 0 Å². The van der Waals surface area contributed by atoms with Crippen molar-refractivity contribution in [2.45, 2.75) is 24.9 Å². The number of aromatic amines is 1. The van der Waals surface area contributed by atoms with Gasteiger partial charge in [0.25, 0.3) is 5.56 Å². The largest absolute Gasteiger partial charge is 0.396 e. The fourth-order valence-electron chi connectivity index (χ4n) is 3.08. The number of H-pyrrole nitrogens is 1. The molecule has 0 spiro atoms. The monoisotopic (exact) mass is 309 g/mol. The number of aryl methyl sites for hydroxylation is 1. The molecule has 22 heavy (non-hydrogen) atoms. The molecule has 2 fully saturated rings. The van der Waals surface area contributed by atoms with Crippen molar-refractivity contribution in [2.24, 2.45) is 11.0 Å². The summed E-state index contributed by atoms with van der Waals surface area (Å²) in [5.74, 6) is -0.415. The zero-order chi connectivity index (χ0) is 15.9. The van der Waals surface area contributed by atoms with Crippen LogP contribution >= 0.6 is 0 Å². The van der Waals surface area contributed by atoms with E-state index < -0.39 is 35.1 Å². The van der Waals surface area contributed by atoms with Crippen molar-refractivity contribution in [1.82, 2.24) is 9.55 Å². The summed E-state index contributed by atoms with van der Waals surface area (Å²) >= 11 is 0. The molecule has 0 radical (unpaired) electrons. The van der Waals surface area contributed by atoms with Gasteiger partial charge in [-0.2, -0.15) is 0 Å². The molecule has 2 bridgehead atoms. The van der Waals surface area contributed by atoms with Gasteiger partial charge in [0, 0.05) is 22.6 Å². The van der Waals surface area contributed by atoms with E-state index in [2.05, 4.69) is 15.0 Å². The lowest BCUT2D eigenvalue weighted by atomic mass is 9.89. The fraction of sp³-hybridized carbons (Fsp3) is 0.667. The molecule has 2 saturated heterocycles. The molecule has 2 N–H and O–H groups in total. The fourth-order valence-corrected chi connectivity index (χ4v) is 3.08. The van der Waals surface area contributed by atoms with Gasteiger partial charge in [0.2, 0.25) is 0 Å². The minimum atomic E-state index is -0.959. The zero-order valence-corrected chi connectivity index (χ0v) is 11.8. The van der Waals surface area contributed by atoms with Crippen LogP contribution in [0.25, 0.3) is 10.4 Å². The standard InChI is InChI=1S/C12H15N5O5/c1-6-2-17(11(20)15-9(6)19)10-8-7(3-18)12(22-10,5-21-8)4-14-16-13/h2,7-8,10,18H,3-5H2,1H3,(H,15,19,20)/t7?,8?,10-,12+/m1/s1. The van der Waals surface area contributed by atoms with Crippen LogP contribution < -0.4 is 11.2 Å². The Morgan fingerprint density at radius 2 is 2.41 bits per heavy atom. The summed E-state index contributed by atoms with van der Waals surface area (Å²) in [6, 6.07) is 0. The first-order chi connectivity index (χ1) is 10.5. The average molecular weight is 309 g/mol. The molecule has 0 amide bonds. The molecule has 2 aliphatic heterocycles. The van der Waals surface area contributed by atoms with Crippen molar-refractivity contribution in [3.8, 4) is 0 Å². The van der Waals surface area contributed by atoms with Gasteiger partial charge in [-0.25, -0.2) is 4.79 Å². The highest BCUT2D eigenvalue weighted by Crippen LogP contribution is 2.48. The third kappa shape index (κ3) is 2.04. The molecular weight excluding hydrogens is 294 g/mol. The van der Waals surface area contributed by atoms with E-state index in [0.29, 0.717) is 5.56 Å². The first-order valence-electron chi connectivity index (χ1n) is 6.75. The summed E-state index contributed by atoms with van der Waals surface area (Å²) < 4.78 is 12.8. The van der Waals surface area contributed by atoms with Crippen LogP contribution in [0.5, 0.6) is 0 Å². The Hall–Kier alpha value is -2.13. The van der Waals surface area contributed by atoms with Crippen molar-refractivity contribution >= 4 is 0 Å². The molecule has 1 aromatic rings. The summed E-state index contributed by atoms with van der Waals surface area (Å²) in [5, 5.41) is 13.1. The number of aliphatic hydroxyl groups excluding tert-OH is 1. The van der Waals surface area contributed by atoms with Crippen LogP contribution in [0.1, 0.15) is 11.8 Å². The van der Waals surface area contributed by atoms with Crippen LogP contribution in [0.2, 0.25) is 0 Å². The van der Waals surface area contributed by atoms with E-state index in [1.54, 1.807) is 6.92 Å². The zero-order valence-electron chi connectivity index (χ0n) is 11.8. The second-order valence-corrected chi connectivity index (χ2v) is 5.51. The van der Waals surface area contributed by atoms with Gasteiger partial charge in [-0.15, -0.1) is 0 Å². The Morgan fingerprint density at radius 3 is 3.09 bits per heavy atom. The van der Waals surface area contributed by atoms with Gasteiger partial charge in [0.15, 0.2) is 6.23 Å². The van der Waals surface area contributed by atoms with Gasteiger partial charge >= 0.3 is 5.69 Å². The molecule has 0 aliphatic carbocycles. The molecule has 1 aromatic heterocycles. The van der Waals surface area contributed by atoms with Crippen LogP contribution in [-0.2, 0) is 9.47 Å². The molecule has 118 valence electrons.